The van der Waals surface area contributed by atoms with Gasteiger partial charge in [-0.05, 0) is 28.8 Å². The monoisotopic (exact) mass is 405 g/mol. The molecule has 0 bridgehead atoms. The first-order valence-corrected chi connectivity index (χ1v) is 9.90. The Morgan fingerprint density at radius 1 is 0.839 bits per heavy atom. The number of aromatic nitrogens is 4. The van der Waals surface area contributed by atoms with Crippen molar-refractivity contribution < 1.29 is 4.79 Å². The molecular weight excluding hydrogens is 386 g/mol. The number of rotatable bonds is 5. The van der Waals surface area contributed by atoms with Crippen molar-refractivity contribution in [3.63, 3.8) is 0 Å². The summed E-state index contributed by atoms with van der Waals surface area (Å²) in [5.41, 5.74) is 12.1. The van der Waals surface area contributed by atoms with Crippen molar-refractivity contribution in [3.8, 4) is 22.4 Å². The second kappa shape index (κ2) is 7.84. The number of hydrogen-bond donors (Lipinski definition) is 1. The number of benzene rings is 3. The van der Waals surface area contributed by atoms with Crippen LogP contribution < -0.4 is 5.73 Å². The van der Waals surface area contributed by atoms with E-state index in [-0.39, 0.29) is 0 Å². The summed E-state index contributed by atoms with van der Waals surface area (Å²) < 4.78 is 2.02. The Hall–Kier alpha value is -4.32. The number of primary amides is 1. The fraction of sp³-hybridized carbons (Fsp3) is 0.0400. The van der Waals surface area contributed by atoms with Crippen LogP contribution in [0.1, 0.15) is 15.9 Å². The average molecular weight is 405 g/mol. The highest BCUT2D eigenvalue weighted by Crippen LogP contribution is 2.34. The summed E-state index contributed by atoms with van der Waals surface area (Å²) in [6.45, 7) is 0.677. The van der Waals surface area contributed by atoms with Crippen LogP contribution in [0, 0.1) is 0 Å². The van der Waals surface area contributed by atoms with E-state index < -0.39 is 5.91 Å². The Kier molecular flexibility index (Phi) is 4.72. The molecule has 0 saturated carbocycles. The molecule has 5 aromatic rings. The minimum absolute atomic E-state index is 0.455. The van der Waals surface area contributed by atoms with Gasteiger partial charge < -0.3 is 10.3 Å². The lowest BCUT2D eigenvalue weighted by molar-refractivity contribution is 0.100. The van der Waals surface area contributed by atoms with E-state index in [1.54, 1.807) is 24.8 Å². The van der Waals surface area contributed by atoms with Crippen LogP contribution in [-0.4, -0.2) is 25.4 Å². The molecule has 0 fully saturated rings. The summed E-state index contributed by atoms with van der Waals surface area (Å²) in [5.74, 6) is -0.455. The highest BCUT2D eigenvalue weighted by atomic mass is 16.1. The van der Waals surface area contributed by atoms with Crippen LogP contribution in [-0.2, 0) is 6.54 Å². The van der Waals surface area contributed by atoms with Crippen LogP contribution in [0.25, 0.3) is 33.5 Å². The number of carbonyl (C=O) groups is 1. The quantitative estimate of drug-likeness (QED) is 0.472. The van der Waals surface area contributed by atoms with Gasteiger partial charge in [0.25, 0.3) is 0 Å². The van der Waals surface area contributed by atoms with E-state index in [4.69, 9.17) is 5.73 Å². The van der Waals surface area contributed by atoms with Crippen molar-refractivity contribution in [2.24, 2.45) is 5.73 Å². The first kappa shape index (κ1) is 18.7. The third-order valence-corrected chi connectivity index (χ3v) is 5.24. The Balaban J connectivity index is 1.63. The highest BCUT2D eigenvalue weighted by Gasteiger charge is 2.16. The van der Waals surface area contributed by atoms with E-state index in [0.717, 1.165) is 33.5 Å². The van der Waals surface area contributed by atoms with Crippen LogP contribution in [0.5, 0.6) is 0 Å². The molecule has 150 valence electrons. The summed E-state index contributed by atoms with van der Waals surface area (Å²) in [4.78, 5) is 25.3. The minimum Gasteiger partial charge on any atom is -0.366 e. The smallest absolute Gasteiger partial charge is 0.248 e. The van der Waals surface area contributed by atoms with Crippen LogP contribution in [0.2, 0.25) is 0 Å². The van der Waals surface area contributed by atoms with E-state index in [0.29, 0.717) is 12.1 Å². The number of hydrogen-bond acceptors (Lipinski definition) is 4. The van der Waals surface area contributed by atoms with Gasteiger partial charge in [0, 0.05) is 11.1 Å². The largest absolute Gasteiger partial charge is 0.366 e. The van der Waals surface area contributed by atoms with Gasteiger partial charge in [0.2, 0.25) is 5.91 Å². The summed E-state index contributed by atoms with van der Waals surface area (Å²) in [6, 6.07) is 25.4. The maximum Gasteiger partial charge on any atom is 0.248 e. The Bertz CT molecular complexity index is 1390. The van der Waals surface area contributed by atoms with Crippen molar-refractivity contribution in [2.75, 3.05) is 0 Å². The maximum atomic E-state index is 11.7. The molecular formula is C25H19N5O. The van der Waals surface area contributed by atoms with E-state index in [9.17, 15) is 4.79 Å². The molecule has 1 amide bonds. The maximum absolute atomic E-state index is 11.7. The highest BCUT2D eigenvalue weighted by molar-refractivity contribution is 5.97. The molecule has 0 unspecified atom stereocenters. The molecule has 6 nitrogen and oxygen atoms in total. The average Bonchev–Trinajstić information content (AvgIpc) is 3.23. The topological polar surface area (TPSA) is 86.7 Å². The molecule has 31 heavy (non-hydrogen) atoms. The number of amides is 1. The lowest BCUT2D eigenvalue weighted by Gasteiger charge is -2.11. The number of nitrogens with zero attached hydrogens (tertiary/aromatic N) is 4. The second-order valence-corrected chi connectivity index (χ2v) is 7.24. The molecule has 2 N–H and O–H groups in total. The van der Waals surface area contributed by atoms with E-state index in [1.165, 1.54) is 5.56 Å². The van der Waals surface area contributed by atoms with Crippen molar-refractivity contribution in [1.82, 2.24) is 19.5 Å². The molecule has 0 aliphatic rings. The molecule has 5 rings (SSSR count). The van der Waals surface area contributed by atoms with Gasteiger partial charge in [0.1, 0.15) is 17.5 Å². The molecule has 0 spiro atoms. The standard InChI is InChI=1S/C25H19N5O/c26-24(31)19-10-6-9-18(13-19)20-11-4-5-12-21(20)22-23-25(28-15-27-22)30(16-29-23)14-17-7-2-1-3-8-17/h1-13,15-16H,14H2,(H2,26,31). The molecule has 0 aliphatic heterocycles. The fourth-order valence-electron chi connectivity index (χ4n) is 3.75. The molecule has 0 saturated heterocycles. The number of fused-ring (bicyclic) bond motifs is 1. The van der Waals surface area contributed by atoms with Gasteiger partial charge in [-0.1, -0.05) is 66.7 Å². The van der Waals surface area contributed by atoms with Crippen molar-refractivity contribution in [2.45, 2.75) is 6.54 Å². The van der Waals surface area contributed by atoms with Gasteiger partial charge >= 0.3 is 0 Å². The molecule has 3 aromatic carbocycles. The predicted molar refractivity (Wildman–Crippen MR) is 120 cm³/mol. The third-order valence-electron chi connectivity index (χ3n) is 5.24. The zero-order valence-electron chi connectivity index (χ0n) is 16.6. The number of nitrogens with two attached hydrogens (primary N) is 1. The molecule has 0 radical (unpaired) electrons. The van der Waals surface area contributed by atoms with Crippen LogP contribution >= 0.6 is 0 Å². The van der Waals surface area contributed by atoms with Gasteiger partial charge in [-0.3, -0.25) is 4.79 Å². The number of imidazole rings is 1. The first-order valence-electron chi connectivity index (χ1n) is 9.90. The van der Waals surface area contributed by atoms with Crippen LogP contribution in [0.4, 0.5) is 0 Å². The van der Waals surface area contributed by atoms with Gasteiger partial charge in [-0.15, -0.1) is 0 Å². The van der Waals surface area contributed by atoms with E-state index in [2.05, 4.69) is 27.1 Å². The van der Waals surface area contributed by atoms with Gasteiger partial charge in [-0.25, -0.2) is 15.0 Å². The Morgan fingerprint density at radius 2 is 1.61 bits per heavy atom. The van der Waals surface area contributed by atoms with Gasteiger partial charge in [0.15, 0.2) is 5.65 Å². The lowest BCUT2D eigenvalue weighted by Crippen LogP contribution is -2.10. The molecule has 2 heterocycles. The van der Waals surface area contributed by atoms with Crippen molar-refractivity contribution >= 4 is 17.1 Å². The summed E-state index contributed by atoms with van der Waals surface area (Å²) >= 11 is 0. The van der Waals surface area contributed by atoms with E-state index >= 15 is 0 Å². The van der Waals surface area contributed by atoms with Crippen LogP contribution in [0.15, 0.2) is 91.5 Å². The summed E-state index contributed by atoms with van der Waals surface area (Å²) in [6.07, 6.45) is 3.36. The number of carbonyl (C=O) groups excluding carboxylic acids is 1. The molecule has 0 atom stereocenters. The Morgan fingerprint density at radius 3 is 2.42 bits per heavy atom. The minimum atomic E-state index is -0.455. The van der Waals surface area contributed by atoms with Crippen molar-refractivity contribution in [3.05, 3.63) is 103 Å². The fourth-order valence-corrected chi connectivity index (χ4v) is 3.75. The Labute approximate surface area is 179 Å². The SMILES string of the molecule is NC(=O)c1cccc(-c2ccccc2-c2ncnc3c2ncn3Cc2ccccc2)c1. The molecule has 0 aliphatic carbocycles. The van der Waals surface area contributed by atoms with Gasteiger partial charge in [0.05, 0.1) is 12.9 Å². The second-order valence-electron chi connectivity index (χ2n) is 7.24. The van der Waals surface area contributed by atoms with Crippen molar-refractivity contribution in [1.29, 1.82) is 0 Å². The van der Waals surface area contributed by atoms with Gasteiger partial charge in [-0.2, -0.15) is 0 Å². The zero-order chi connectivity index (χ0) is 21.2. The third kappa shape index (κ3) is 3.55. The first-order chi connectivity index (χ1) is 15.2. The normalized spacial score (nSPS) is 11.0. The van der Waals surface area contributed by atoms with Crippen LogP contribution in [0.3, 0.4) is 0 Å². The lowest BCUT2D eigenvalue weighted by atomic mass is 9.96. The summed E-state index contributed by atoms with van der Waals surface area (Å²) in [7, 11) is 0. The predicted octanol–water partition coefficient (Wildman–Crippen LogP) is 4.31. The molecule has 2 aromatic heterocycles. The molecule has 6 heteroatoms. The van der Waals surface area contributed by atoms with E-state index in [1.807, 2.05) is 59.2 Å². The summed E-state index contributed by atoms with van der Waals surface area (Å²) in [5, 5.41) is 0. The zero-order valence-corrected chi connectivity index (χ0v) is 16.6.